The first-order chi connectivity index (χ1) is 7.66. The molecule has 2 rings (SSSR count). The lowest BCUT2D eigenvalue weighted by molar-refractivity contribution is -0.385. The van der Waals surface area contributed by atoms with Gasteiger partial charge in [-0.15, -0.1) is 0 Å². The predicted octanol–water partition coefficient (Wildman–Crippen LogP) is 2.72. The van der Waals surface area contributed by atoms with Crippen LogP contribution in [0.5, 0.6) is 0 Å². The Morgan fingerprint density at radius 1 is 1.19 bits per heavy atom. The van der Waals surface area contributed by atoms with Crippen molar-refractivity contribution in [3.63, 3.8) is 0 Å². The van der Waals surface area contributed by atoms with E-state index in [4.69, 9.17) is 0 Å². The number of halogens is 1. The van der Waals surface area contributed by atoms with Gasteiger partial charge in [-0.2, -0.15) is 0 Å². The van der Waals surface area contributed by atoms with Crippen LogP contribution in [0, 0.1) is 15.9 Å². The fourth-order valence-corrected chi connectivity index (χ4v) is 2.00. The van der Waals surface area contributed by atoms with Gasteiger partial charge in [0.2, 0.25) is 0 Å². The lowest BCUT2D eigenvalue weighted by Gasteiger charge is -2.28. The monoisotopic (exact) mass is 224 g/mol. The lowest BCUT2D eigenvalue weighted by atomic mass is 10.1. The molecule has 5 heteroatoms. The standard InChI is InChI=1S/C11H13FN2O2/c12-9-6-10(8-11(7-9)14(15)16)13-4-2-1-3-5-13/h6-8H,1-5H2. The molecule has 1 aliphatic heterocycles. The molecule has 1 heterocycles. The van der Waals surface area contributed by atoms with E-state index in [0.29, 0.717) is 5.69 Å². The largest absolute Gasteiger partial charge is 0.371 e. The second-order valence-corrected chi connectivity index (χ2v) is 3.97. The van der Waals surface area contributed by atoms with Crippen LogP contribution in [-0.4, -0.2) is 18.0 Å². The first-order valence-electron chi connectivity index (χ1n) is 5.37. The second-order valence-electron chi connectivity index (χ2n) is 3.97. The summed E-state index contributed by atoms with van der Waals surface area (Å²) >= 11 is 0. The summed E-state index contributed by atoms with van der Waals surface area (Å²) in [4.78, 5) is 12.0. The molecule has 0 aromatic heterocycles. The number of non-ortho nitro benzene ring substituents is 1. The highest BCUT2D eigenvalue weighted by atomic mass is 19.1. The van der Waals surface area contributed by atoms with Gasteiger partial charge in [0.25, 0.3) is 5.69 Å². The number of rotatable bonds is 2. The SMILES string of the molecule is O=[N+]([O-])c1cc(F)cc(N2CCCCC2)c1. The van der Waals surface area contributed by atoms with Crippen molar-refractivity contribution in [3.05, 3.63) is 34.1 Å². The van der Waals surface area contributed by atoms with Crippen LogP contribution < -0.4 is 4.90 Å². The van der Waals surface area contributed by atoms with Crippen LogP contribution in [0.15, 0.2) is 18.2 Å². The smallest absolute Gasteiger partial charge is 0.274 e. The van der Waals surface area contributed by atoms with Crippen molar-refractivity contribution in [1.82, 2.24) is 0 Å². The van der Waals surface area contributed by atoms with E-state index in [-0.39, 0.29) is 5.69 Å². The maximum atomic E-state index is 13.2. The summed E-state index contributed by atoms with van der Waals surface area (Å²) in [5.41, 5.74) is 0.437. The number of nitro benzene ring substituents is 1. The minimum Gasteiger partial charge on any atom is -0.371 e. The number of piperidine rings is 1. The Bertz CT molecular complexity index is 403. The maximum absolute atomic E-state index is 13.2. The van der Waals surface area contributed by atoms with Crippen LogP contribution in [0.3, 0.4) is 0 Å². The van der Waals surface area contributed by atoms with Crippen molar-refractivity contribution >= 4 is 11.4 Å². The van der Waals surface area contributed by atoms with Gasteiger partial charge in [0.05, 0.1) is 11.0 Å². The third-order valence-corrected chi connectivity index (χ3v) is 2.80. The molecule has 0 N–H and O–H groups in total. The van der Waals surface area contributed by atoms with Gasteiger partial charge in [-0.3, -0.25) is 10.1 Å². The second kappa shape index (κ2) is 4.47. The number of hydrogen-bond acceptors (Lipinski definition) is 3. The van der Waals surface area contributed by atoms with Gasteiger partial charge < -0.3 is 4.90 Å². The van der Waals surface area contributed by atoms with Crippen molar-refractivity contribution in [2.45, 2.75) is 19.3 Å². The Labute approximate surface area is 92.8 Å². The summed E-state index contributed by atoms with van der Waals surface area (Å²) in [6.45, 7) is 1.70. The summed E-state index contributed by atoms with van der Waals surface area (Å²) in [5.74, 6) is -0.547. The Hall–Kier alpha value is -1.65. The fraction of sp³-hybridized carbons (Fsp3) is 0.455. The molecule has 4 nitrogen and oxygen atoms in total. The minimum atomic E-state index is -0.559. The van der Waals surface area contributed by atoms with E-state index >= 15 is 0 Å². The molecule has 0 radical (unpaired) electrons. The van der Waals surface area contributed by atoms with E-state index in [2.05, 4.69) is 0 Å². The first-order valence-corrected chi connectivity index (χ1v) is 5.37. The van der Waals surface area contributed by atoms with Crippen LogP contribution in [0.4, 0.5) is 15.8 Å². The first kappa shape index (κ1) is 10.9. The van der Waals surface area contributed by atoms with Gasteiger partial charge in [-0.1, -0.05) is 0 Å². The molecule has 1 aliphatic rings. The average molecular weight is 224 g/mol. The zero-order valence-corrected chi connectivity index (χ0v) is 8.86. The molecule has 0 saturated carbocycles. The van der Waals surface area contributed by atoms with E-state index in [0.717, 1.165) is 32.0 Å². The predicted molar refractivity (Wildman–Crippen MR) is 59.1 cm³/mol. The highest BCUT2D eigenvalue weighted by Gasteiger charge is 2.16. The number of hydrogen-bond donors (Lipinski definition) is 0. The molecule has 1 fully saturated rings. The maximum Gasteiger partial charge on any atom is 0.274 e. The molecule has 1 saturated heterocycles. The van der Waals surface area contributed by atoms with Crippen molar-refractivity contribution < 1.29 is 9.31 Å². The number of nitrogens with zero attached hydrogens (tertiary/aromatic N) is 2. The molecule has 0 bridgehead atoms. The van der Waals surface area contributed by atoms with E-state index < -0.39 is 10.7 Å². The molecular weight excluding hydrogens is 211 g/mol. The zero-order valence-electron chi connectivity index (χ0n) is 8.86. The lowest BCUT2D eigenvalue weighted by Crippen LogP contribution is -2.29. The van der Waals surface area contributed by atoms with E-state index in [1.54, 1.807) is 0 Å². The molecule has 1 aromatic rings. The van der Waals surface area contributed by atoms with Crippen molar-refractivity contribution in [3.8, 4) is 0 Å². The van der Waals surface area contributed by atoms with Crippen LogP contribution in [0.2, 0.25) is 0 Å². The molecule has 0 amide bonds. The summed E-state index contributed by atoms with van der Waals surface area (Å²) in [6.07, 6.45) is 3.29. The molecule has 0 spiro atoms. The van der Waals surface area contributed by atoms with Gasteiger partial charge >= 0.3 is 0 Å². The Balaban J connectivity index is 2.28. The van der Waals surface area contributed by atoms with Crippen molar-refractivity contribution in [1.29, 1.82) is 0 Å². The number of benzene rings is 1. The average Bonchev–Trinajstić information content (AvgIpc) is 2.29. The molecule has 0 aliphatic carbocycles. The Kier molecular flexibility index (Phi) is 3.03. The van der Waals surface area contributed by atoms with Gasteiger partial charge in [-0.25, -0.2) is 4.39 Å². The van der Waals surface area contributed by atoms with Crippen LogP contribution >= 0.6 is 0 Å². The van der Waals surface area contributed by atoms with Crippen LogP contribution in [-0.2, 0) is 0 Å². The van der Waals surface area contributed by atoms with E-state index in [1.165, 1.54) is 18.6 Å². The summed E-state index contributed by atoms with van der Waals surface area (Å²) in [5, 5.41) is 10.6. The summed E-state index contributed by atoms with van der Waals surface area (Å²) in [7, 11) is 0. The quantitative estimate of drug-likeness (QED) is 0.573. The highest BCUT2D eigenvalue weighted by Crippen LogP contribution is 2.25. The Morgan fingerprint density at radius 3 is 2.50 bits per heavy atom. The molecule has 0 atom stereocenters. The van der Waals surface area contributed by atoms with Crippen molar-refractivity contribution in [2.24, 2.45) is 0 Å². The van der Waals surface area contributed by atoms with Crippen molar-refractivity contribution in [2.75, 3.05) is 18.0 Å². The summed E-state index contributed by atoms with van der Waals surface area (Å²) < 4.78 is 13.2. The third-order valence-electron chi connectivity index (χ3n) is 2.80. The molecule has 0 unspecified atom stereocenters. The normalized spacial score (nSPS) is 16.2. The fourth-order valence-electron chi connectivity index (χ4n) is 2.00. The minimum absolute atomic E-state index is 0.180. The highest BCUT2D eigenvalue weighted by molar-refractivity contribution is 5.53. The molecule has 1 aromatic carbocycles. The van der Waals surface area contributed by atoms with Gasteiger partial charge in [-0.05, 0) is 25.3 Å². The Morgan fingerprint density at radius 2 is 1.88 bits per heavy atom. The molecular formula is C11H13FN2O2. The van der Waals surface area contributed by atoms with Gasteiger partial charge in [0.15, 0.2) is 0 Å². The molecule has 16 heavy (non-hydrogen) atoms. The zero-order chi connectivity index (χ0) is 11.5. The van der Waals surface area contributed by atoms with Crippen LogP contribution in [0.25, 0.3) is 0 Å². The number of anilines is 1. The van der Waals surface area contributed by atoms with Gasteiger partial charge in [0, 0.05) is 24.8 Å². The molecule has 86 valence electrons. The third kappa shape index (κ3) is 2.29. The number of nitro groups is 1. The van der Waals surface area contributed by atoms with E-state index in [9.17, 15) is 14.5 Å². The van der Waals surface area contributed by atoms with E-state index in [1.807, 2.05) is 4.90 Å². The van der Waals surface area contributed by atoms with Crippen LogP contribution in [0.1, 0.15) is 19.3 Å². The summed E-state index contributed by atoms with van der Waals surface area (Å²) in [6, 6.07) is 3.75. The van der Waals surface area contributed by atoms with Gasteiger partial charge in [0.1, 0.15) is 5.82 Å². The topological polar surface area (TPSA) is 46.4 Å².